The molecule has 2 fully saturated rings. The van der Waals surface area contributed by atoms with E-state index in [1.54, 1.807) is 0 Å². The van der Waals surface area contributed by atoms with Crippen molar-refractivity contribution in [1.29, 1.82) is 0 Å². The van der Waals surface area contributed by atoms with Crippen LogP contribution in [0, 0.1) is 23.7 Å². The molecule has 2 atom stereocenters. The molecule has 0 radical (unpaired) electrons. The van der Waals surface area contributed by atoms with Gasteiger partial charge < -0.3 is 10.0 Å². The van der Waals surface area contributed by atoms with Gasteiger partial charge in [-0.2, -0.15) is 0 Å². The van der Waals surface area contributed by atoms with Gasteiger partial charge in [-0.3, -0.25) is 9.59 Å². The number of carbonyl (C=O) groups is 2. The largest absolute Gasteiger partial charge is 0.481 e. The lowest BCUT2D eigenvalue weighted by Gasteiger charge is -2.35. The lowest BCUT2D eigenvalue weighted by atomic mass is 9.86. The second-order valence-electron chi connectivity index (χ2n) is 6.39. The molecule has 1 aliphatic heterocycles. The third-order valence-electron chi connectivity index (χ3n) is 4.94. The van der Waals surface area contributed by atoms with E-state index in [4.69, 9.17) is 0 Å². The summed E-state index contributed by atoms with van der Waals surface area (Å²) in [6.07, 6.45) is 4.41. The van der Waals surface area contributed by atoms with Crippen molar-refractivity contribution in [2.24, 2.45) is 23.7 Å². The number of hydrogen-bond acceptors (Lipinski definition) is 2. The molecule has 0 aromatic carbocycles. The van der Waals surface area contributed by atoms with Crippen molar-refractivity contribution in [2.45, 2.75) is 46.0 Å². The number of rotatable bonds is 3. The van der Waals surface area contributed by atoms with Gasteiger partial charge in [0.15, 0.2) is 0 Å². The minimum atomic E-state index is -0.798. The van der Waals surface area contributed by atoms with Crippen molar-refractivity contribution in [1.82, 2.24) is 4.90 Å². The van der Waals surface area contributed by atoms with Gasteiger partial charge in [0.25, 0.3) is 0 Å². The molecule has 2 aliphatic rings. The normalized spacial score (nSPS) is 28.9. The first kappa shape index (κ1) is 14.4. The Morgan fingerprint density at radius 2 is 1.63 bits per heavy atom. The molecule has 19 heavy (non-hydrogen) atoms. The first-order valence-electron chi connectivity index (χ1n) is 7.52. The van der Waals surface area contributed by atoms with Crippen molar-refractivity contribution in [2.75, 3.05) is 13.1 Å². The molecule has 0 bridgehead atoms. The maximum Gasteiger partial charge on any atom is 0.307 e. The summed E-state index contributed by atoms with van der Waals surface area (Å²) in [5.41, 5.74) is 0. The average molecular weight is 267 g/mol. The lowest BCUT2D eigenvalue weighted by molar-refractivity contribution is -0.149. The molecule has 108 valence electrons. The lowest BCUT2D eigenvalue weighted by Crippen LogP contribution is -2.44. The summed E-state index contributed by atoms with van der Waals surface area (Å²) in [5, 5.41) is 9.18. The summed E-state index contributed by atoms with van der Waals surface area (Å²) >= 11 is 0. The van der Waals surface area contributed by atoms with Crippen molar-refractivity contribution < 1.29 is 14.7 Å². The van der Waals surface area contributed by atoms with Gasteiger partial charge in [-0.25, -0.2) is 0 Å². The van der Waals surface area contributed by atoms with Crippen molar-refractivity contribution in [3.8, 4) is 0 Å². The second-order valence-corrected chi connectivity index (χ2v) is 6.39. The summed E-state index contributed by atoms with van der Waals surface area (Å²) in [4.78, 5) is 25.5. The highest BCUT2D eigenvalue weighted by molar-refractivity contribution is 5.85. The monoisotopic (exact) mass is 267 g/mol. The van der Waals surface area contributed by atoms with Crippen molar-refractivity contribution in [3.63, 3.8) is 0 Å². The van der Waals surface area contributed by atoms with Gasteiger partial charge in [-0.05, 0) is 37.5 Å². The van der Waals surface area contributed by atoms with Crippen LogP contribution in [0.5, 0.6) is 0 Å². The Labute approximate surface area is 115 Å². The molecule has 2 rings (SSSR count). The van der Waals surface area contributed by atoms with E-state index >= 15 is 0 Å². The van der Waals surface area contributed by atoms with Crippen LogP contribution in [0.1, 0.15) is 46.0 Å². The minimum Gasteiger partial charge on any atom is -0.481 e. The topological polar surface area (TPSA) is 57.6 Å². The van der Waals surface area contributed by atoms with Crippen LogP contribution >= 0.6 is 0 Å². The first-order chi connectivity index (χ1) is 9.00. The molecule has 1 saturated heterocycles. The van der Waals surface area contributed by atoms with Crippen molar-refractivity contribution >= 4 is 11.9 Å². The van der Waals surface area contributed by atoms with Crippen LogP contribution in [0.15, 0.2) is 0 Å². The Balaban J connectivity index is 1.92. The zero-order valence-electron chi connectivity index (χ0n) is 12.0. The summed E-state index contributed by atoms with van der Waals surface area (Å²) < 4.78 is 0. The maximum absolute atomic E-state index is 12.5. The quantitative estimate of drug-likeness (QED) is 0.854. The number of carbonyl (C=O) groups excluding carboxylic acids is 1. The SMILES string of the molecule is CC(C)C1CCN(C(=O)[C@@H]2CCC[C@@H]2C(=O)O)CC1. The smallest absolute Gasteiger partial charge is 0.307 e. The Morgan fingerprint density at radius 1 is 1.05 bits per heavy atom. The van der Waals surface area contributed by atoms with Gasteiger partial charge in [-0.1, -0.05) is 20.3 Å². The third kappa shape index (κ3) is 3.10. The standard InChI is InChI=1S/C15H25NO3/c1-10(2)11-6-8-16(9-7-11)14(17)12-4-3-5-13(12)15(18)19/h10-13H,3-9H2,1-2H3,(H,18,19)/t12-,13+/m1/s1. The Bertz CT molecular complexity index is 345. The second kappa shape index (κ2) is 5.93. The van der Waals surface area contributed by atoms with Crippen LogP contribution in [0.3, 0.4) is 0 Å². The van der Waals surface area contributed by atoms with Gasteiger partial charge in [0, 0.05) is 13.1 Å². The van der Waals surface area contributed by atoms with Gasteiger partial charge >= 0.3 is 5.97 Å². The van der Waals surface area contributed by atoms with Crippen LogP contribution in [-0.4, -0.2) is 35.0 Å². The maximum atomic E-state index is 12.5. The predicted octanol–water partition coefficient (Wildman–Crippen LogP) is 2.38. The van der Waals surface area contributed by atoms with Crippen LogP contribution in [0.25, 0.3) is 0 Å². The molecule has 1 N–H and O–H groups in total. The van der Waals surface area contributed by atoms with Crippen LogP contribution < -0.4 is 0 Å². The van der Waals surface area contributed by atoms with Gasteiger partial charge in [-0.15, -0.1) is 0 Å². The molecule has 0 spiro atoms. The number of carboxylic acids is 1. The number of likely N-dealkylation sites (tertiary alicyclic amines) is 1. The molecule has 0 unspecified atom stereocenters. The van der Waals surface area contributed by atoms with Gasteiger partial charge in [0.2, 0.25) is 5.91 Å². The Morgan fingerprint density at radius 3 is 2.16 bits per heavy atom. The van der Waals surface area contributed by atoms with E-state index < -0.39 is 11.9 Å². The van der Waals surface area contributed by atoms with E-state index in [0.29, 0.717) is 18.3 Å². The van der Waals surface area contributed by atoms with E-state index in [2.05, 4.69) is 13.8 Å². The predicted molar refractivity (Wildman–Crippen MR) is 72.6 cm³/mol. The van der Waals surface area contributed by atoms with E-state index in [1.807, 2.05) is 4.90 Å². The number of amides is 1. The van der Waals surface area contributed by atoms with Gasteiger partial charge in [0.1, 0.15) is 0 Å². The summed E-state index contributed by atoms with van der Waals surface area (Å²) in [7, 11) is 0. The molecule has 1 aliphatic carbocycles. The number of piperidine rings is 1. The summed E-state index contributed by atoms with van der Waals surface area (Å²) in [6.45, 7) is 6.09. The van der Waals surface area contributed by atoms with Crippen LogP contribution in [0.2, 0.25) is 0 Å². The molecule has 1 amide bonds. The molecule has 0 aromatic rings. The third-order valence-corrected chi connectivity index (χ3v) is 4.94. The van der Waals surface area contributed by atoms with E-state index in [0.717, 1.165) is 38.8 Å². The fourth-order valence-electron chi connectivity index (χ4n) is 3.57. The molecule has 4 heteroatoms. The number of nitrogens with zero attached hydrogens (tertiary/aromatic N) is 1. The molecule has 0 aromatic heterocycles. The molecule has 1 heterocycles. The van der Waals surface area contributed by atoms with Crippen LogP contribution in [-0.2, 0) is 9.59 Å². The van der Waals surface area contributed by atoms with Crippen molar-refractivity contribution in [3.05, 3.63) is 0 Å². The Kier molecular flexibility index (Phi) is 4.48. The highest BCUT2D eigenvalue weighted by atomic mass is 16.4. The molecule has 4 nitrogen and oxygen atoms in total. The summed E-state index contributed by atoms with van der Waals surface area (Å²) in [6, 6.07) is 0. The molecule has 1 saturated carbocycles. The highest BCUT2D eigenvalue weighted by Gasteiger charge is 2.40. The molecular weight excluding hydrogens is 242 g/mol. The Hall–Kier alpha value is -1.06. The fourth-order valence-corrected chi connectivity index (χ4v) is 3.57. The van der Waals surface area contributed by atoms with E-state index in [9.17, 15) is 14.7 Å². The highest BCUT2D eigenvalue weighted by Crippen LogP contribution is 2.34. The number of aliphatic carboxylic acids is 1. The zero-order chi connectivity index (χ0) is 14.0. The molecular formula is C15H25NO3. The number of carboxylic acid groups (broad SMARTS) is 1. The summed E-state index contributed by atoms with van der Waals surface area (Å²) in [5.74, 6) is -0.0400. The zero-order valence-corrected chi connectivity index (χ0v) is 12.0. The average Bonchev–Trinajstić information content (AvgIpc) is 2.87. The first-order valence-corrected chi connectivity index (χ1v) is 7.52. The minimum absolute atomic E-state index is 0.0899. The fraction of sp³-hybridized carbons (Fsp3) is 0.867. The van der Waals surface area contributed by atoms with E-state index in [-0.39, 0.29) is 11.8 Å². The van der Waals surface area contributed by atoms with E-state index in [1.165, 1.54) is 0 Å². The van der Waals surface area contributed by atoms with Gasteiger partial charge in [0.05, 0.1) is 11.8 Å². The van der Waals surface area contributed by atoms with Crippen LogP contribution in [0.4, 0.5) is 0 Å². The number of hydrogen-bond donors (Lipinski definition) is 1.